The summed E-state index contributed by atoms with van der Waals surface area (Å²) in [6.45, 7) is 8.16. The van der Waals surface area contributed by atoms with Crippen LogP contribution < -0.4 is 0 Å². The molecule has 0 saturated carbocycles. The lowest BCUT2D eigenvalue weighted by atomic mass is 9.87. The third-order valence-corrected chi connectivity index (χ3v) is 2.63. The molecule has 0 aliphatic heterocycles. The molecule has 1 aromatic rings. The fourth-order valence-electron chi connectivity index (χ4n) is 1.89. The Bertz CT molecular complexity index is 446. The molecule has 1 aromatic carbocycles. The highest BCUT2D eigenvalue weighted by atomic mass is 16.5. The molecule has 0 amide bonds. The smallest absolute Gasteiger partial charge is 0.339 e. The quantitative estimate of drug-likeness (QED) is 0.822. The van der Waals surface area contributed by atoms with E-state index in [1.54, 1.807) is 19.1 Å². The van der Waals surface area contributed by atoms with Crippen LogP contribution in [-0.4, -0.2) is 22.8 Å². The van der Waals surface area contributed by atoms with Crippen molar-refractivity contribution >= 4 is 5.97 Å². The Morgan fingerprint density at radius 1 is 1.37 bits per heavy atom. The van der Waals surface area contributed by atoms with Crippen LogP contribution in [0.2, 0.25) is 0 Å². The maximum absolute atomic E-state index is 11.5. The van der Waals surface area contributed by atoms with E-state index < -0.39 is 12.1 Å². The zero-order chi connectivity index (χ0) is 14.6. The number of carbonyl (C=O) groups is 1. The van der Waals surface area contributed by atoms with Crippen LogP contribution in [0.15, 0.2) is 18.2 Å². The SMILES string of the molecule is CCOC(=O)C(O)c1cc(CC(C)(C)C)ccc1O. The van der Waals surface area contributed by atoms with E-state index in [2.05, 4.69) is 20.8 Å². The summed E-state index contributed by atoms with van der Waals surface area (Å²) in [4.78, 5) is 11.5. The monoisotopic (exact) mass is 266 g/mol. The summed E-state index contributed by atoms with van der Waals surface area (Å²) >= 11 is 0. The van der Waals surface area contributed by atoms with Crippen molar-refractivity contribution in [1.29, 1.82) is 0 Å². The van der Waals surface area contributed by atoms with Crippen molar-refractivity contribution in [2.75, 3.05) is 6.61 Å². The second-order valence-electron chi connectivity index (χ2n) is 5.79. The standard InChI is InChI=1S/C15H22O4/c1-5-19-14(18)13(17)11-8-10(6-7-12(11)16)9-15(2,3)4/h6-8,13,16-17H,5,9H2,1-4H3. The van der Waals surface area contributed by atoms with Gasteiger partial charge >= 0.3 is 5.97 Å². The zero-order valence-electron chi connectivity index (χ0n) is 11.9. The Balaban J connectivity index is 3.00. The molecule has 106 valence electrons. The van der Waals surface area contributed by atoms with Gasteiger partial charge in [-0.25, -0.2) is 4.79 Å². The van der Waals surface area contributed by atoms with Crippen LogP contribution in [0, 0.1) is 5.41 Å². The average molecular weight is 266 g/mol. The predicted molar refractivity (Wildman–Crippen MR) is 72.9 cm³/mol. The summed E-state index contributed by atoms with van der Waals surface area (Å²) in [5.41, 5.74) is 1.24. The number of rotatable bonds is 4. The largest absolute Gasteiger partial charge is 0.508 e. The Hall–Kier alpha value is -1.55. The van der Waals surface area contributed by atoms with Crippen molar-refractivity contribution in [2.45, 2.75) is 40.2 Å². The number of phenols is 1. The van der Waals surface area contributed by atoms with E-state index in [-0.39, 0.29) is 23.3 Å². The number of aromatic hydroxyl groups is 1. The number of aliphatic hydroxyl groups excluding tert-OH is 1. The number of ether oxygens (including phenoxy) is 1. The van der Waals surface area contributed by atoms with E-state index in [0.717, 1.165) is 12.0 Å². The van der Waals surface area contributed by atoms with Gasteiger partial charge in [0.05, 0.1) is 6.61 Å². The fourth-order valence-corrected chi connectivity index (χ4v) is 1.89. The van der Waals surface area contributed by atoms with Gasteiger partial charge in [0, 0.05) is 5.56 Å². The minimum absolute atomic E-state index is 0.0864. The van der Waals surface area contributed by atoms with Gasteiger partial charge in [0.2, 0.25) is 0 Å². The van der Waals surface area contributed by atoms with Crippen molar-refractivity contribution in [3.05, 3.63) is 29.3 Å². The maximum Gasteiger partial charge on any atom is 0.339 e. The molecule has 0 spiro atoms. The van der Waals surface area contributed by atoms with E-state index in [9.17, 15) is 15.0 Å². The number of aliphatic hydroxyl groups is 1. The number of carbonyl (C=O) groups excluding carboxylic acids is 1. The van der Waals surface area contributed by atoms with Gasteiger partial charge in [-0.15, -0.1) is 0 Å². The van der Waals surface area contributed by atoms with E-state index >= 15 is 0 Å². The lowest BCUT2D eigenvalue weighted by Gasteiger charge is -2.19. The maximum atomic E-state index is 11.5. The van der Waals surface area contributed by atoms with Gasteiger partial charge in [0.1, 0.15) is 5.75 Å². The van der Waals surface area contributed by atoms with Crippen LogP contribution in [0.25, 0.3) is 0 Å². The van der Waals surface area contributed by atoms with Crippen LogP contribution in [-0.2, 0) is 16.0 Å². The van der Waals surface area contributed by atoms with Gasteiger partial charge in [0.15, 0.2) is 6.10 Å². The van der Waals surface area contributed by atoms with Crippen molar-refractivity contribution in [3.8, 4) is 5.75 Å². The molecule has 2 N–H and O–H groups in total. The Morgan fingerprint density at radius 3 is 2.53 bits per heavy atom. The Labute approximate surface area is 114 Å². The Kier molecular flexibility index (Phi) is 4.95. The highest BCUT2D eigenvalue weighted by Crippen LogP contribution is 2.29. The Morgan fingerprint density at radius 2 is 2.00 bits per heavy atom. The second kappa shape index (κ2) is 6.06. The van der Waals surface area contributed by atoms with E-state index in [4.69, 9.17) is 4.74 Å². The van der Waals surface area contributed by atoms with E-state index in [1.807, 2.05) is 0 Å². The average Bonchev–Trinajstić information content (AvgIpc) is 2.29. The minimum Gasteiger partial charge on any atom is -0.508 e. The molecule has 0 aliphatic carbocycles. The molecule has 4 heteroatoms. The summed E-state index contributed by atoms with van der Waals surface area (Å²) < 4.78 is 4.75. The van der Waals surface area contributed by atoms with Crippen LogP contribution >= 0.6 is 0 Å². The van der Waals surface area contributed by atoms with E-state index in [1.165, 1.54) is 6.07 Å². The molecule has 0 aromatic heterocycles. The van der Waals surface area contributed by atoms with Gasteiger partial charge in [-0.2, -0.15) is 0 Å². The number of hydrogen-bond donors (Lipinski definition) is 2. The van der Waals surface area contributed by atoms with Crippen LogP contribution in [0.3, 0.4) is 0 Å². The first-order valence-corrected chi connectivity index (χ1v) is 6.41. The fraction of sp³-hybridized carbons (Fsp3) is 0.533. The van der Waals surface area contributed by atoms with Gasteiger partial charge in [0.25, 0.3) is 0 Å². The first kappa shape index (κ1) is 15.5. The van der Waals surface area contributed by atoms with Crippen molar-refractivity contribution in [1.82, 2.24) is 0 Å². The topological polar surface area (TPSA) is 66.8 Å². The molecule has 0 radical (unpaired) electrons. The van der Waals surface area contributed by atoms with Crippen molar-refractivity contribution < 1.29 is 19.7 Å². The summed E-state index contributed by atoms with van der Waals surface area (Å²) in [6, 6.07) is 4.95. The van der Waals surface area contributed by atoms with E-state index in [0.29, 0.717) is 0 Å². The number of benzene rings is 1. The van der Waals surface area contributed by atoms with Crippen LogP contribution in [0.4, 0.5) is 0 Å². The van der Waals surface area contributed by atoms with Gasteiger partial charge in [-0.3, -0.25) is 0 Å². The third kappa shape index (κ3) is 4.56. The molecule has 19 heavy (non-hydrogen) atoms. The highest BCUT2D eigenvalue weighted by molar-refractivity contribution is 5.77. The summed E-state index contributed by atoms with van der Waals surface area (Å²) in [5.74, 6) is -0.844. The zero-order valence-corrected chi connectivity index (χ0v) is 11.9. The molecular weight excluding hydrogens is 244 g/mol. The minimum atomic E-state index is -1.44. The molecule has 1 unspecified atom stereocenters. The third-order valence-electron chi connectivity index (χ3n) is 2.63. The molecule has 0 saturated heterocycles. The molecule has 4 nitrogen and oxygen atoms in total. The van der Waals surface area contributed by atoms with Gasteiger partial charge in [-0.05, 0) is 36.5 Å². The lowest BCUT2D eigenvalue weighted by molar-refractivity contribution is -0.153. The van der Waals surface area contributed by atoms with Crippen molar-refractivity contribution in [2.24, 2.45) is 5.41 Å². The van der Waals surface area contributed by atoms with Gasteiger partial charge in [-0.1, -0.05) is 26.8 Å². The lowest BCUT2D eigenvalue weighted by Crippen LogP contribution is -2.16. The van der Waals surface area contributed by atoms with Crippen LogP contribution in [0.5, 0.6) is 5.75 Å². The second-order valence-corrected chi connectivity index (χ2v) is 5.79. The summed E-state index contributed by atoms with van der Waals surface area (Å²) in [6.07, 6.45) is -0.657. The molecule has 1 atom stereocenters. The molecule has 0 fully saturated rings. The molecule has 0 aliphatic rings. The number of esters is 1. The summed E-state index contributed by atoms with van der Waals surface area (Å²) in [5, 5.41) is 19.6. The molecular formula is C15H22O4. The first-order chi connectivity index (χ1) is 8.74. The van der Waals surface area contributed by atoms with Crippen molar-refractivity contribution in [3.63, 3.8) is 0 Å². The normalized spacial score (nSPS) is 13.1. The first-order valence-electron chi connectivity index (χ1n) is 6.41. The number of phenolic OH excluding ortho intramolecular Hbond substituents is 1. The molecule has 1 rings (SSSR count). The number of hydrogen-bond acceptors (Lipinski definition) is 4. The molecule has 0 bridgehead atoms. The summed E-state index contributed by atoms with van der Waals surface area (Å²) in [7, 11) is 0. The predicted octanol–water partition coefficient (Wildman–Crippen LogP) is 2.58. The molecule has 0 heterocycles. The highest BCUT2D eigenvalue weighted by Gasteiger charge is 2.23. The van der Waals surface area contributed by atoms with Gasteiger partial charge < -0.3 is 14.9 Å². The van der Waals surface area contributed by atoms with Crippen LogP contribution in [0.1, 0.15) is 44.9 Å².